The predicted molar refractivity (Wildman–Crippen MR) is 64.1 cm³/mol. The Kier molecular flexibility index (Phi) is 3.66. The molecule has 0 saturated heterocycles. The summed E-state index contributed by atoms with van der Waals surface area (Å²) in [6, 6.07) is 2.50. The Hall–Kier alpha value is -2.49. The van der Waals surface area contributed by atoms with Crippen molar-refractivity contribution >= 4 is 22.2 Å². The molecule has 0 fully saturated rings. The molecule has 0 unspecified atom stereocenters. The highest BCUT2D eigenvalue weighted by molar-refractivity contribution is 7.81. The zero-order chi connectivity index (χ0) is 14.8. The Morgan fingerprint density at radius 1 is 1.45 bits per heavy atom. The quantitative estimate of drug-likeness (QED) is 0.774. The van der Waals surface area contributed by atoms with E-state index in [2.05, 4.69) is 18.8 Å². The van der Waals surface area contributed by atoms with Gasteiger partial charge in [-0.3, -0.25) is 14.7 Å². The summed E-state index contributed by atoms with van der Waals surface area (Å²) in [5.74, 6) is -0.709. The smallest absolute Gasteiger partial charge is 0.363 e. The third kappa shape index (κ3) is 3.29. The second-order valence-corrected chi connectivity index (χ2v) is 4.56. The Morgan fingerprint density at radius 2 is 2.20 bits per heavy atom. The zero-order valence-corrected chi connectivity index (χ0v) is 10.9. The van der Waals surface area contributed by atoms with Crippen molar-refractivity contribution in [2.24, 2.45) is 0 Å². The van der Waals surface area contributed by atoms with Gasteiger partial charge >= 0.3 is 10.5 Å². The van der Waals surface area contributed by atoms with Gasteiger partial charge in [0.25, 0.3) is 5.91 Å². The second kappa shape index (κ2) is 5.25. The van der Waals surface area contributed by atoms with Gasteiger partial charge in [0.1, 0.15) is 6.26 Å². The van der Waals surface area contributed by atoms with Crippen LogP contribution in [0.4, 0.5) is 9.70 Å². The molecule has 0 aliphatic rings. The van der Waals surface area contributed by atoms with E-state index < -0.39 is 22.2 Å². The zero-order valence-electron chi connectivity index (χ0n) is 10.1. The van der Waals surface area contributed by atoms with E-state index in [0.29, 0.717) is 0 Å². The lowest BCUT2D eigenvalue weighted by atomic mass is 10.2. The van der Waals surface area contributed by atoms with Gasteiger partial charge in [0, 0.05) is 19.3 Å². The summed E-state index contributed by atoms with van der Waals surface area (Å²) in [6.07, 6.45) is 3.42. The summed E-state index contributed by atoms with van der Waals surface area (Å²) in [5, 5.41) is 3.57. The van der Waals surface area contributed by atoms with Crippen molar-refractivity contribution in [3.8, 4) is 5.75 Å². The molecule has 1 amide bonds. The molecule has 20 heavy (non-hydrogen) atoms. The van der Waals surface area contributed by atoms with E-state index in [-0.39, 0.29) is 11.4 Å². The van der Waals surface area contributed by atoms with Gasteiger partial charge in [-0.1, -0.05) is 9.04 Å². The molecule has 0 aromatic carbocycles. The first-order valence-corrected chi connectivity index (χ1v) is 6.45. The van der Waals surface area contributed by atoms with Gasteiger partial charge in [-0.05, 0) is 6.07 Å². The van der Waals surface area contributed by atoms with Crippen LogP contribution in [-0.2, 0) is 10.5 Å². The number of amides is 1. The molecular formula is C10H8FN3O5S. The summed E-state index contributed by atoms with van der Waals surface area (Å²) in [7, 11) is -3.75. The third-order valence-electron chi connectivity index (χ3n) is 2.23. The van der Waals surface area contributed by atoms with Gasteiger partial charge < -0.3 is 8.71 Å². The van der Waals surface area contributed by atoms with E-state index in [1.807, 2.05) is 0 Å². The van der Waals surface area contributed by atoms with Gasteiger partial charge in [-0.2, -0.15) is 8.42 Å². The summed E-state index contributed by atoms with van der Waals surface area (Å²) in [4.78, 5) is 16.8. The number of nitrogens with zero attached hydrogens (tertiary/aromatic N) is 3. The Bertz CT molecular complexity index is 716. The van der Waals surface area contributed by atoms with Gasteiger partial charge in [0.05, 0.1) is 11.8 Å². The summed E-state index contributed by atoms with van der Waals surface area (Å²) >= 11 is 0. The number of rotatable bonds is 4. The fraction of sp³-hybridized carbons (Fsp3) is 0.100. The lowest BCUT2D eigenvalue weighted by Crippen LogP contribution is -2.26. The molecule has 0 N–H and O–H groups in total. The topological polar surface area (TPSA) is 103 Å². The third-order valence-corrected chi connectivity index (χ3v) is 2.62. The van der Waals surface area contributed by atoms with Crippen molar-refractivity contribution in [2.45, 2.75) is 0 Å². The second-order valence-electron chi connectivity index (χ2n) is 3.61. The number of anilines is 1. The van der Waals surface area contributed by atoms with Gasteiger partial charge in [0.2, 0.25) is 0 Å². The number of pyridine rings is 1. The minimum absolute atomic E-state index is 0.00310. The van der Waals surface area contributed by atoms with E-state index in [1.165, 1.54) is 25.6 Å². The molecule has 2 aromatic rings. The molecule has 0 atom stereocenters. The van der Waals surface area contributed by atoms with Crippen LogP contribution in [-0.4, -0.2) is 31.5 Å². The maximum Gasteiger partial charge on any atom is 0.488 e. The largest absolute Gasteiger partial charge is 0.488 e. The summed E-state index contributed by atoms with van der Waals surface area (Å²) in [6.45, 7) is 0. The molecule has 106 valence electrons. The number of aromatic nitrogens is 2. The van der Waals surface area contributed by atoms with Crippen molar-refractivity contribution in [3.05, 3.63) is 36.4 Å². The van der Waals surface area contributed by atoms with Crippen LogP contribution in [0.25, 0.3) is 0 Å². The average Bonchev–Trinajstić information content (AvgIpc) is 2.89. The van der Waals surface area contributed by atoms with Crippen LogP contribution < -0.4 is 9.08 Å². The van der Waals surface area contributed by atoms with Crippen LogP contribution >= 0.6 is 0 Å². The number of carbonyl (C=O) groups excluding carboxylic acids is 1. The number of hydrogen-bond acceptors (Lipinski definition) is 7. The van der Waals surface area contributed by atoms with E-state index in [9.17, 15) is 17.1 Å². The summed E-state index contributed by atoms with van der Waals surface area (Å²) in [5.41, 5.74) is -0.00310. The Labute approximate surface area is 113 Å². The van der Waals surface area contributed by atoms with Crippen molar-refractivity contribution in [1.29, 1.82) is 0 Å². The number of carbonyl (C=O) groups is 1. The van der Waals surface area contributed by atoms with Crippen molar-refractivity contribution < 1.29 is 25.8 Å². The standard InChI is InChI=1S/C10H8FN3O5S/c1-14(9-2-3-18-13-9)10(15)7-4-8(6-12-5-7)19-20(11,16)17/h2-6H,1H3. The van der Waals surface area contributed by atoms with Gasteiger partial charge in [-0.25, -0.2) is 0 Å². The molecule has 2 rings (SSSR count). The van der Waals surface area contributed by atoms with E-state index in [4.69, 9.17) is 0 Å². The molecule has 0 radical (unpaired) electrons. The highest BCUT2D eigenvalue weighted by atomic mass is 32.3. The van der Waals surface area contributed by atoms with E-state index in [0.717, 1.165) is 17.2 Å². The maximum atomic E-state index is 12.4. The first-order valence-electron chi connectivity index (χ1n) is 5.14. The molecule has 0 aliphatic carbocycles. The van der Waals surface area contributed by atoms with Gasteiger partial charge in [-0.15, -0.1) is 0 Å². The lowest BCUT2D eigenvalue weighted by Gasteiger charge is -2.13. The summed E-state index contributed by atoms with van der Waals surface area (Å²) < 4.78 is 41.7. The number of hydrogen-bond donors (Lipinski definition) is 0. The minimum Gasteiger partial charge on any atom is -0.363 e. The number of halogens is 1. The lowest BCUT2D eigenvalue weighted by molar-refractivity contribution is 0.0991. The SMILES string of the molecule is CN(C(=O)c1cncc(OS(=O)(=O)F)c1)c1ccon1. The molecule has 2 aromatic heterocycles. The van der Waals surface area contributed by atoms with Crippen molar-refractivity contribution in [3.63, 3.8) is 0 Å². The van der Waals surface area contributed by atoms with Crippen LogP contribution in [0.2, 0.25) is 0 Å². The van der Waals surface area contributed by atoms with Crippen LogP contribution in [0.1, 0.15) is 10.4 Å². The highest BCUT2D eigenvalue weighted by Gasteiger charge is 2.18. The molecule has 0 aliphatic heterocycles. The first-order chi connectivity index (χ1) is 9.37. The monoisotopic (exact) mass is 301 g/mol. The van der Waals surface area contributed by atoms with Crippen molar-refractivity contribution in [2.75, 3.05) is 11.9 Å². The first kappa shape index (κ1) is 13.9. The molecule has 0 spiro atoms. The molecule has 2 heterocycles. The highest BCUT2D eigenvalue weighted by Crippen LogP contribution is 2.17. The van der Waals surface area contributed by atoms with Crippen molar-refractivity contribution in [1.82, 2.24) is 10.1 Å². The van der Waals surface area contributed by atoms with Crippen LogP contribution in [0.15, 0.2) is 35.3 Å². The Balaban J connectivity index is 2.25. The molecule has 0 saturated carbocycles. The maximum absolute atomic E-state index is 12.4. The van der Waals surface area contributed by atoms with E-state index >= 15 is 0 Å². The minimum atomic E-state index is -5.18. The van der Waals surface area contributed by atoms with Crippen LogP contribution in [0, 0.1) is 0 Å². The normalized spacial score (nSPS) is 11.1. The molecule has 0 bridgehead atoms. The molecule has 8 nitrogen and oxygen atoms in total. The molecule has 10 heteroatoms. The fourth-order valence-corrected chi connectivity index (χ4v) is 1.69. The van der Waals surface area contributed by atoms with Crippen LogP contribution in [0.3, 0.4) is 0 Å². The predicted octanol–water partition coefficient (Wildman–Crippen LogP) is 0.939. The van der Waals surface area contributed by atoms with Gasteiger partial charge in [0.15, 0.2) is 11.6 Å². The average molecular weight is 301 g/mol. The van der Waals surface area contributed by atoms with Crippen LogP contribution in [0.5, 0.6) is 5.75 Å². The fourth-order valence-electron chi connectivity index (χ4n) is 1.37. The Morgan fingerprint density at radius 3 is 2.80 bits per heavy atom. The van der Waals surface area contributed by atoms with E-state index in [1.54, 1.807) is 0 Å². The molecular weight excluding hydrogens is 293 g/mol.